The zero-order valence-electron chi connectivity index (χ0n) is 10.3. The van der Waals surface area contributed by atoms with Crippen LogP contribution in [0.5, 0.6) is 0 Å². The number of methoxy groups -OCH3 is 1. The fraction of sp³-hybridized carbons (Fsp3) is 0.800. The third-order valence-corrected chi connectivity index (χ3v) is 4.27. The number of ether oxygens (including phenoxy) is 1. The van der Waals surface area contributed by atoms with Gasteiger partial charge in [0.15, 0.2) is 0 Å². The predicted octanol–water partition coefficient (Wildman–Crippen LogP) is -1.69. The number of aliphatic carboxylic acids is 1. The predicted molar refractivity (Wildman–Crippen MR) is 62.3 cm³/mol. The Hall–Kier alpha value is -0.790. The van der Waals surface area contributed by atoms with Crippen molar-refractivity contribution in [2.24, 2.45) is 0 Å². The lowest BCUT2D eigenvalue weighted by atomic mass is 10.0. The van der Waals surface area contributed by atoms with Crippen molar-refractivity contribution >= 4 is 23.7 Å². The van der Waals surface area contributed by atoms with Gasteiger partial charge < -0.3 is 20.0 Å². The molecule has 7 heteroatoms. The van der Waals surface area contributed by atoms with Gasteiger partial charge in [-0.1, -0.05) is 0 Å². The SMILES string of the molecule is CNC(C(=O)OC)C1NC(C(=O)[O-])C(C)(C)S1. The molecule has 0 aromatic carbocycles. The van der Waals surface area contributed by atoms with Crippen LogP contribution in [-0.2, 0) is 14.3 Å². The van der Waals surface area contributed by atoms with E-state index in [1.807, 2.05) is 0 Å². The van der Waals surface area contributed by atoms with Crippen LogP contribution in [0, 0.1) is 0 Å². The summed E-state index contributed by atoms with van der Waals surface area (Å²) in [7, 11) is 2.93. The molecule has 1 rings (SSSR count). The Labute approximate surface area is 104 Å². The first-order valence-corrected chi connectivity index (χ1v) is 6.11. The standard InChI is InChI=1S/C10H18N2O4S/c1-10(2)6(8(13)14)12-7(17-10)5(11-3)9(15)16-4/h5-7,11-12H,1-4H3,(H,13,14)/p-1. The van der Waals surface area contributed by atoms with Crippen LogP contribution in [0.25, 0.3) is 0 Å². The molecule has 98 valence electrons. The van der Waals surface area contributed by atoms with E-state index in [0.717, 1.165) is 0 Å². The van der Waals surface area contributed by atoms with Crippen molar-refractivity contribution in [3.63, 3.8) is 0 Å². The Morgan fingerprint density at radius 1 is 1.53 bits per heavy atom. The van der Waals surface area contributed by atoms with Crippen LogP contribution in [0.2, 0.25) is 0 Å². The van der Waals surface area contributed by atoms with Gasteiger partial charge in [-0.05, 0) is 20.9 Å². The lowest BCUT2D eigenvalue weighted by Crippen LogP contribution is -2.55. The van der Waals surface area contributed by atoms with E-state index in [4.69, 9.17) is 0 Å². The topological polar surface area (TPSA) is 90.5 Å². The number of carbonyl (C=O) groups excluding carboxylic acids is 2. The van der Waals surface area contributed by atoms with Crippen molar-refractivity contribution in [2.45, 2.75) is 36.1 Å². The maximum Gasteiger partial charge on any atom is 0.325 e. The molecular formula is C10H17N2O4S-. The molecule has 0 bridgehead atoms. The average Bonchev–Trinajstić information content (AvgIpc) is 2.55. The number of rotatable bonds is 4. The van der Waals surface area contributed by atoms with Crippen molar-refractivity contribution in [1.29, 1.82) is 0 Å². The molecule has 3 atom stereocenters. The normalized spacial score (nSPS) is 28.7. The van der Waals surface area contributed by atoms with Gasteiger partial charge in [0.2, 0.25) is 0 Å². The second-order valence-electron chi connectivity index (χ2n) is 4.35. The van der Waals surface area contributed by atoms with E-state index < -0.39 is 28.8 Å². The summed E-state index contributed by atoms with van der Waals surface area (Å²) in [5.41, 5.74) is 0. The maximum absolute atomic E-state index is 11.5. The number of thioether (sulfide) groups is 1. The zero-order chi connectivity index (χ0) is 13.2. The molecule has 1 fully saturated rings. The number of carboxylic acids is 1. The Morgan fingerprint density at radius 3 is 2.47 bits per heavy atom. The Morgan fingerprint density at radius 2 is 2.12 bits per heavy atom. The van der Waals surface area contributed by atoms with Gasteiger partial charge in [0.05, 0.1) is 24.5 Å². The first kappa shape index (κ1) is 14.3. The molecule has 1 aliphatic rings. The number of esters is 1. The minimum atomic E-state index is -1.16. The summed E-state index contributed by atoms with van der Waals surface area (Å²) in [4.78, 5) is 22.5. The monoisotopic (exact) mass is 261 g/mol. The summed E-state index contributed by atoms with van der Waals surface area (Å²) in [5.74, 6) is -1.59. The first-order chi connectivity index (χ1) is 7.83. The third kappa shape index (κ3) is 2.91. The Balaban J connectivity index is 2.82. The molecule has 1 heterocycles. The number of nitrogens with one attached hydrogen (secondary N) is 2. The van der Waals surface area contributed by atoms with Gasteiger partial charge in [-0.15, -0.1) is 11.8 Å². The van der Waals surface area contributed by atoms with Gasteiger partial charge in [-0.2, -0.15) is 0 Å². The highest BCUT2D eigenvalue weighted by Gasteiger charge is 2.46. The van der Waals surface area contributed by atoms with Crippen LogP contribution < -0.4 is 15.7 Å². The van der Waals surface area contributed by atoms with Crippen LogP contribution in [0.4, 0.5) is 0 Å². The summed E-state index contributed by atoms with van der Waals surface area (Å²) in [6.07, 6.45) is 0. The summed E-state index contributed by atoms with van der Waals surface area (Å²) in [6, 6.07) is -1.38. The lowest BCUT2D eigenvalue weighted by Gasteiger charge is -2.25. The van der Waals surface area contributed by atoms with Gasteiger partial charge in [0.1, 0.15) is 6.04 Å². The summed E-state index contributed by atoms with van der Waals surface area (Å²) in [6.45, 7) is 3.60. The van der Waals surface area contributed by atoms with Gasteiger partial charge in [-0.3, -0.25) is 10.1 Å². The maximum atomic E-state index is 11.5. The van der Waals surface area contributed by atoms with E-state index in [0.29, 0.717) is 0 Å². The van der Waals surface area contributed by atoms with E-state index in [2.05, 4.69) is 15.4 Å². The van der Waals surface area contributed by atoms with Gasteiger partial charge in [0.25, 0.3) is 0 Å². The van der Waals surface area contributed by atoms with Gasteiger partial charge in [-0.25, -0.2) is 0 Å². The van der Waals surface area contributed by atoms with Crippen molar-refractivity contribution in [1.82, 2.24) is 10.6 Å². The lowest BCUT2D eigenvalue weighted by molar-refractivity contribution is -0.308. The minimum absolute atomic E-state index is 0.356. The third-order valence-electron chi connectivity index (χ3n) is 2.76. The molecule has 2 N–H and O–H groups in total. The van der Waals surface area contributed by atoms with Crippen LogP contribution in [-0.4, -0.2) is 48.3 Å². The largest absolute Gasteiger partial charge is 0.548 e. The number of carboxylic acid groups (broad SMARTS) is 1. The van der Waals surface area contributed by atoms with Crippen molar-refractivity contribution in [2.75, 3.05) is 14.2 Å². The highest BCUT2D eigenvalue weighted by Crippen LogP contribution is 2.38. The number of hydrogen-bond acceptors (Lipinski definition) is 7. The highest BCUT2D eigenvalue weighted by molar-refractivity contribution is 8.01. The smallest absolute Gasteiger partial charge is 0.325 e. The molecule has 6 nitrogen and oxygen atoms in total. The molecule has 1 aliphatic heterocycles. The van der Waals surface area contributed by atoms with Crippen LogP contribution in [0.3, 0.4) is 0 Å². The van der Waals surface area contributed by atoms with Crippen molar-refractivity contribution in [3.05, 3.63) is 0 Å². The number of likely N-dealkylation sites (N-methyl/N-ethyl adjacent to an activating group) is 1. The second-order valence-corrected chi connectivity index (χ2v) is 6.15. The van der Waals surface area contributed by atoms with Crippen molar-refractivity contribution in [3.8, 4) is 0 Å². The Kier molecular flexibility index (Phi) is 4.40. The van der Waals surface area contributed by atoms with E-state index in [-0.39, 0.29) is 5.37 Å². The quantitative estimate of drug-likeness (QED) is 0.583. The fourth-order valence-electron chi connectivity index (χ4n) is 1.83. The fourth-order valence-corrected chi connectivity index (χ4v) is 3.37. The van der Waals surface area contributed by atoms with Crippen LogP contribution in [0.1, 0.15) is 13.8 Å². The molecule has 3 unspecified atom stereocenters. The molecule has 0 aliphatic carbocycles. The minimum Gasteiger partial charge on any atom is -0.548 e. The zero-order valence-corrected chi connectivity index (χ0v) is 11.1. The van der Waals surface area contributed by atoms with E-state index >= 15 is 0 Å². The number of carbonyl (C=O) groups is 2. The van der Waals surface area contributed by atoms with Gasteiger partial charge in [0, 0.05) is 4.75 Å². The molecule has 0 spiro atoms. The van der Waals surface area contributed by atoms with Crippen LogP contribution in [0.15, 0.2) is 0 Å². The molecule has 0 aromatic rings. The molecular weight excluding hydrogens is 244 g/mol. The molecule has 17 heavy (non-hydrogen) atoms. The Bertz CT molecular complexity index is 321. The van der Waals surface area contributed by atoms with Crippen LogP contribution >= 0.6 is 11.8 Å². The highest BCUT2D eigenvalue weighted by atomic mass is 32.2. The average molecular weight is 261 g/mol. The number of hydrogen-bond donors (Lipinski definition) is 2. The van der Waals surface area contributed by atoms with Crippen molar-refractivity contribution < 1.29 is 19.4 Å². The first-order valence-electron chi connectivity index (χ1n) is 5.23. The molecule has 0 saturated carbocycles. The van der Waals surface area contributed by atoms with E-state index in [9.17, 15) is 14.7 Å². The van der Waals surface area contributed by atoms with E-state index in [1.54, 1.807) is 20.9 Å². The molecule has 0 radical (unpaired) electrons. The summed E-state index contributed by atoms with van der Waals surface area (Å²) < 4.78 is 4.13. The molecule has 0 amide bonds. The second kappa shape index (κ2) is 5.24. The summed E-state index contributed by atoms with van der Waals surface area (Å²) >= 11 is 1.39. The molecule has 0 aromatic heterocycles. The van der Waals surface area contributed by atoms with E-state index in [1.165, 1.54) is 18.9 Å². The summed E-state index contributed by atoms with van der Waals surface area (Å²) in [5, 5.41) is 16.3. The van der Waals surface area contributed by atoms with Gasteiger partial charge >= 0.3 is 5.97 Å². The molecule has 1 saturated heterocycles.